The quantitative estimate of drug-likeness (QED) is 0.812. The molecule has 18 heavy (non-hydrogen) atoms. The second-order valence-corrected chi connectivity index (χ2v) is 4.33. The van der Waals surface area contributed by atoms with Gasteiger partial charge in [0.05, 0.1) is 12.6 Å². The summed E-state index contributed by atoms with van der Waals surface area (Å²) >= 11 is 0. The molecule has 0 fully saturated rings. The molecule has 6 heteroatoms. The van der Waals surface area contributed by atoms with Crippen LogP contribution in [0.1, 0.15) is 17.7 Å². The molecule has 1 aliphatic rings. The smallest absolute Gasteiger partial charge is 0.311 e. The van der Waals surface area contributed by atoms with E-state index in [2.05, 4.69) is 0 Å². The molecule has 1 aliphatic carbocycles. The number of alkyl halides is 3. The third-order valence-corrected chi connectivity index (χ3v) is 3.17. The number of nitrogens with zero attached hydrogens (tertiary/aromatic N) is 2. The van der Waals surface area contributed by atoms with E-state index in [1.165, 1.54) is 12.1 Å². The van der Waals surface area contributed by atoms with Crippen molar-refractivity contribution in [2.24, 2.45) is 5.92 Å². The van der Waals surface area contributed by atoms with Gasteiger partial charge in [0, 0.05) is 11.8 Å². The fraction of sp³-hybridized carbons (Fsp3) is 0.500. The van der Waals surface area contributed by atoms with Gasteiger partial charge in [-0.25, -0.2) is 0 Å². The maximum absolute atomic E-state index is 12.6. The zero-order valence-corrected chi connectivity index (χ0v) is 9.50. The lowest BCUT2D eigenvalue weighted by Gasteiger charge is -2.17. The van der Waals surface area contributed by atoms with Crippen molar-refractivity contribution in [3.05, 3.63) is 33.7 Å². The van der Waals surface area contributed by atoms with Gasteiger partial charge in [0.25, 0.3) is 5.56 Å². The number of hydrogen-bond acceptors (Lipinski definition) is 2. The topological polar surface area (TPSA) is 45.8 Å². The minimum Gasteiger partial charge on any atom is -0.311 e. The first-order valence-electron chi connectivity index (χ1n) is 5.61. The lowest BCUT2D eigenvalue weighted by molar-refractivity contribution is -0.162. The first kappa shape index (κ1) is 12.7. The standard InChI is InChI=1S/C12H11F3N2O/c13-12(14,15)9(6-16)7-17-10-3-1-2-8(10)4-5-11(17)18/h4-5,9H,1-3,7H2. The van der Waals surface area contributed by atoms with Crippen LogP contribution < -0.4 is 5.56 Å². The van der Waals surface area contributed by atoms with Crippen molar-refractivity contribution in [1.82, 2.24) is 4.57 Å². The second-order valence-electron chi connectivity index (χ2n) is 4.33. The molecule has 0 saturated heterocycles. The highest BCUT2D eigenvalue weighted by molar-refractivity contribution is 5.26. The molecule has 0 aliphatic heterocycles. The Hall–Kier alpha value is -1.77. The summed E-state index contributed by atoms with van der Waals surface area (Å²) in [4.78, 5) is 11.6. The monoisotopic (exact) mass is 256 g/mol. The van der Waals surface area contributed by atoms with Crippen molar-refractivity contribution < 1.29 is 13.2 Å². The van der Waals surface area contributed by atoms with E-state index in [1.807, 2.05) is 0 Å². The number of aryl methyl sites for hydroxylation is 1. The lowest BCUT2D eigenvalue weighted by Crippen LogP contribution is -2.32. The van der Waals surface area contributed by atoms with Crippen LogP contribution in [-0.2, 0) is 19.4 Å². The summed E-state index contributed by atoms with van der Waals surface area (Å²) < 4.78 is 38.8. The first-order chi connectivity index (χ1) is 8.43. The minimum atomic E-state index is -4.60. The van der Waals surface area contributed by atoms with Crippen molar-refractivity contribution in [1.29, 1.82) is 5.26 Å². The number of pyridine rings is 1. The number of hydrogen-bond donors (Lipinski definition) is 0. The first-order valence-corrected chi connectivity index (χ1v) is 5.61. The molecule has 0 N–H and O–H groups in total. The van der Waals surface area contributed by atoms with Crippen LogP contribution in [0, 0.1) is 17.2 Å². The Bertz CT molecular complexity index is 554. The van der Waals surface area contributed by atoms with Gasteiger partial charge in [-0.3, -0.25) is 4.79 Å². The molecule has 0 saturated carbocycles. The number of aromatic nitrogens is 1. The van der Waals surface area contributed by atoms with Crippen molar-refractivity contribution in [3.63, 3.8) is 0 Å². The SMILES string of the molecule is N#CC(Cn1c2c(ccc1=O)CCC2)C(F)(F)F. The molecule has 1 aromatic heterocycles. The fourth-order valence-corrected chi connectivity index (χ4v) is 2.23. The van der Waals surface area contributed by atoms with E-state index >= 15 is 0 Å². The largest absolute Gasteiger partial charge is 0.406 e. The highest BCUT2D eigenvalue weighted by atomic mass is 19.4. The Kier molecular flexibility index (Phi) is 3.16. The molecule has 96 valence electrons. The summed E-state index contributed by atoms with van der Waals surface area (Å²) in [6, 6.07) is 4.16. The van der Waals surface area contributed by atoms with Crippen molar-refractivity contribution >= 4 is 0 Å². The van der Waals surface area contributed by atoms with Crippen molar-refractivity contribution in [2.45, 2.75) is 32.0 Å². The predicted octanol–water partition coefficient (Wildman–Crippen LogP) is 2.04. The molecule has 1 heterocycles. The average molecular weight is 256 g/mol. The van der Waals surface area contributed by atoms with Crippen LogP contribution in [0.25, 0.3) is 0 Å². The van der Waals surface area contributed by atoms with Crippen LogP contribution in [0.3, 0.4) is 0 Å². The van der Waals surface area contributed by atoms with Gasteiger partial charge in [0.2, 0.25) is 0 Å². The number of rotatable bonds is 2. The van der Waals surface area contributed by atoms with E-state index in [9.17, 15) is 18.0 Å². The highest BCUT2D eigenvalue weighted by Crippen LogP contribution is 2.28. The van der Waals surface area contributed by atoms with Gasteiger partial charge >= 0.3 is 6.18 Å². The molecule has 0 spiro atoms. The zero-order valence-electron chi connectivity index (χ0n) is 9.50. The Morgan fingerprint density at radius 2 is 2.11 bits per heavy atom. The van der Waals surface area contributed by atoms with Crippen LogP contribution in [0.15, 0.2) is 16.9 Å². The van der Waals surface area contributed by atoms with Crippen LogP contribution in [0.5, 0.6) is 0 Å². The molecule has 0 amide bonds. The van der Waals surface area contributed by atoms with Gasteiger partial charge in [0.1, 0.15) is 0 Å². The number of fused-ring (bicyclic) bond motifs is 1. The number of nitriles is 1. The van der Waals surface area contributed by atoms with Gasteiger partial charge in [-0.15, -0.1) is 0 Å². The summed E-state index contributed by atoms with van der Waals surface area (Å²) in [6.07, 6.45) is -2.39. The van der Waals surface area contributed by atoms with Gasteiger partial charge in [0.15, 0.2) is 5.92 Å². The summed E-state index contributed by atoms with van der Waals surface area (Å²) in [5, 5.41) is 8.58. The van der Waals surface area contributed by atoms with E-state index in [4.69, 9.17) is 5.26 Å². The molecule has 2 rings (SSSR count). The molecule has 0 bridgehead atoms. The van der Waals surface area contributed by atoms with Crippen LogP contribution >= 0.6 is 0 Å². The molecular formula is C12H11F3N2O. The maximum atomic E-state index is 12.6. The normalized spacial score (nSPS) is 16.1. The van der Waals surface area contributed by atoms with Crippen molar-refractivity contribution in [2.75, 3.05) is 0 Å². The van der Waals surface area contributed by atoms with E-state index in [-0.39, 0.29) is 0 Å². The Balaban J connectivity index is 2.39. The molecular weight excluding hydrogens is 245 g/mol. The van der Waals surface area contributed by atoms with Gasteiger partial charge in [-0.2, -0.15) is 18.4 Å². The molecule has 1 atom stereocenters. The zero-order chi connectivity index (χ0) is 13.3. The van der Waals surface area contributed by atoms with Crippen molar-refractivity contribution in [3.8, 4) is 6.07 Å². The molecule has 0 radical (unpaired) electrons. The van der Waals surface area contributed by atoms with E-state index in [0.717, 1.165) is 23.0 Å². The average Bonchev–Trinajstić information content (AvgIpc) is 2.74. The molecule has 1 unspecified atom stereocenters. The Morgan fingerprint density at radius 1 is 1.39 bits per heavy atom. The van der Waals surface area contributed by atoms with Crippen LogP contribution in [-0.4, -0.2) is 10.7 Å². The maximum Gasteiger partial charge on any atom is 0.406 e. The summed E-state index contributed by atoms with van der Waals surface area (Å²) in [5.41, 5.74) is 1.08. The number of halogens is 3. The van der Waals surface area contributed by atoms with Gasteiger partial charge in [-0.1, -0.05) is 6.07 Å². The van der Waals surface area contributed by atoms with Gasteiger partial charge in [-0.05, 0) is 24.8 Å². The minimum absolute atomic E-state index is 0.472. The fourth-order valence-electron chi connectivity index (χ4n) is 2.23. The lowest BCUT2D eigenvalue weighted by atomic mass is 10.1. The molecule has 3 nitrogen and oxygen atoms in total. The molecule has 1 aromatic rings. The van der Waals surface area contributed by atoms with E-state index in [1.54, 1.807) is 6.07 Å². The third-order valence-electron chi connectivity index (χ3n) is 3.17. The predicted molar refractivity (Wildman–Crippen MR) is 57.9 cm³/mol. The Labute approximate surface area is 101 Å². The van der Waals surface area contributed by atoms with E-state index in [0.29, 0.717) is 12.1 Å². The summed E-state index contributed by atoms with van der Waals surface area (Å²) in [6.45, 7) is -0.609. The summed E-state index contributed by atoms with van der Waals surface area (Å²) in [5.74, 6) is -2.14. The van der Waals surface area contributed by atoms with Gasteiger partial charge < -0.3 is 4.57 Å². The third kappa shape index (κ3) is 2.26. The Morgan fingerprint density at radius 3 is 2.72 bits per heavy atom. The van der Waals surface area contributed by atoms with E-state index < -0.39 is 24.2 Å². The second kappa shape index (κ2) is 4.48. The van der Waals surface area contributed by atoms with Crippen LogP contribution in [0.2, 0.25) is 0 Å². The molecule has 0 aromatic carbocycles. The van der Waals surface area contributed by atoms with Crippen LogP contribution in [0.4, 0.5) is 13.2 Å². The summed E-state index contributed by atoms with van der Waals surface area (Å²) in [7, 11) is 0. The highest BCUT2D eigenvalue weighted by Gasteiger charge is 2.40.